The monoisotopic (exact) mass is 360 g/mol. The number of aliphatic hydroxyl groups excluding tert-OH is 1. The first-order chi connectivity index (χ1) is 12.4. The first-order valence-corrected chi connectivity index (χ1v) is 8.36. The Morgan fingerprint density at radius 1 is 1.27 bits per heavy atom. The molecule has 1 aromatic rings. The summed E-state index contributed by atoms with van der Waals surface area (Å²) >= 11 is 0. The van der Waals surface area contributed by atoms with Gasteiger partial charge in [-0.15, -0.1) is 0 Å². The quantitative estimate of drug-likeness (QED) is 0.452. The number of aliphatic hydroxyl groups is 1. The van der Waals surface area contributed by atoms with Crippen molar-refractivity contribution in [1.82, 2.24) is 15.5 Å². The number of imide groups is 2. The molecule has 0 saturated carbocycles. The third-order valence-corrected chi connectivity index (χ3v) is 4.52. The minimum absolute atomic E-state index is 0.0786. The van der Waals surface area contributed by atoms with Gasteiger partial charge < -0.3 is 16.2 Å². The van der Waals surface area contributed by atoms with E-state index in [2.05, 4.69) is 10.6 Å². The molecule has 2 heterocycles. The number of carbonyl (C=O) groups is 4. The van der Waals surface area contributed by atoms with Gasteiger partial charge in [-0.3, -0.25) is 29.4 Å². The fraction of sp³-hybridized carbons (Fsp3) is 0.412. The van der Waals surface area contributed by atoms with E-state index in [0.29, 0.717) is 5.56 Å². The van der Waals surface area contributed by atoms with Crippen LogP contribution in [0.25, 0.3) is 0 Å². The summed E-state index contributed by atoms with van der Waals surface area (Å²) in [5, 5.41) is 14.7. The van der Waals surface area contributed by atoms with Crippen molar-refractivity contribution >= 4 is 23.6 Å². The van der Waals surface area contributed by atoms with E-state index >= 15 is 0 Å². The summed E-state index contributed by atoms with van der Waals surface area (Å²) in [6.45, 7) is 0.627. The fourth-order valence-electron chi connectivity index (χ4n) is 3.19. The molecule has 2 aliphatic rings. The molecule has 0 spiro atoms. The highest BCUT2D eigenvalue weighted by Gasteiger charge is 2.45. The predicted octanol–water partition coefficient (Wildman–Crippen LogP) is -1.50. The number of hydrogen-bond acceptors (Lipinski definition) is 7. The average Bonchev–Trinajstić information content (AvgIpc) is 2.87. The molecule has 9 nitrogen and oxygen atoms in total. The summed E-state index contributed by atoms with van der Waals surface area (Å²) in [6, 6.07) is 3.92. The lowest BCUT2D eigenvalue weighted by Crippen LogP contribution is -2.54. The Hall–Kier alpha value is -2.62. The summed E-state index contributed by atoms with van der Waals surface area (Å²) in [4.78, 5) is 49.8. The van der Waals surface area contributed by atoms with Crippen LogP contribution >= 0.6 is 0 Å². The third kappa shape index (κ3) is 3.24. The zero-order chi connectivity index (χ0) is 18.8. The van der Waals surface area contributed by atoms with Crippen LogP contribution in [0.3, 0.4) is 0 Å². The molecule has 0 bridgehead atoms. The summed E-state index contributed by atoms with van der Waals surface area (Å²) in [5.41, 5.74) is 6.43. The van der Waals surface area contributed by atoms with Crippen LogP contribution in [0.5, 0.6) is 0 Å². The maximum absolute atomic E-state index is 12.9. The van der Waals surface area contributed by atoms with Crippen molar-refractivity contribution in [3.05, 3.63) is 34.9 Å². The minimum Gasteiger partial charge on any atom is -0.390 e. The second-order valence-electron chi connectivity index (χ2n) is 6.31. The summed E-state index contributed by atoms with van der Waals surface area (Å²) in [5.74, 6) is -2.13. The number of benzene rings is 1. The molecule has 4 amide bonds. The number of hydrogen-bond donors (Lipinski definition) is 4. The Kier molecular flexibility index (Phi) is 5.12. The normalized spacial score (nSPS) is 21.0. The molecule has 1 aromatic carbocycles. The highest BCUT2D eigenvalue weighted by molar-refractivity contribution is 6.24. The van der Waals surface area contributed by atoms with E-state index in [-0.39, 0.29) is 43.6 Å². The van der Waals surface area contributed by atoms with Gasteiger partial charge >= 0.3 is 0 Å². The molecule has 2 aliphatic heterocycles. The first-order valence-electron chi connectivity index (χ1n) is 8.36. The Balaban J connectivity index is 1.82. The molecular weight excluding hydrogens is 340 g/mol. The molecule has 0 radical (unpaired) electrons. The highest BCUT2D eigenvalue weighted by atomic mass is 16.3. The molecule has 26 heavy (non-hydrogen) atoms. The van der Waals surface area contributed by atoms with Crippen molar-refractivity contribution in [3.63, 3.8) is 0 Å². The summed E-state index contributed by atoms with van der Waals surface area (Å²) in [6.07, 6.45) is -0.509. The Labute approximate surface area is 149 Å². The van der Waals surface area contributed by atoms with Gasteiger partial charge in [-0.1, -0.05) is 12.1 Å². The van der Waals surface area contributed by atoms with Crippen molar-refractivity contribution in [2.24, 2.45) is 5.73 Å². The lowest BCUT2D eigenvalue weighted by atomic mass is 10.0. The molecule has 1 fully saturated rings. The molecule has 0 aromatic heterocycles. The largest absolute Gasteiger partial charge is 0.390 e. The van der Waals surface area contributed by atoms with E-state index in [0.717, 1.165) is 4.90 Å². The fourth-order valence-corrected chi connectivity index (χ4v) is 3.19. The van der Waals surface area contributed by atoms with Gasteiger partial charge in [-0.05, 0) is 18.1 Å². The number of nitrogens with two attached hydrogens (primary N) is 1. The number of rotatable bonds is 6. The van der Waals surface area contributed by atoms with E-state index in [1.54, 1.807) is 18.2 Å². The standard InChI is InChI=1S/C17H20N4O5/c18-6-10(22)8-19-7-9-2-1-3-11-14(9)17(26)21(16(11)25)12-4-5-13(23)20-15(12)24/h1-3,10,12,19,22H,4-8,18H2,(H,20,23,24). The zero-order valence-corrected chi connectivity index (χ0v) is 14.0. The molecule has 9 heteroatoms. The second kappa shape index (κ2) is 7.32. The van der Waals surface area contributed by atoms with Gasteiger partial charge in [0.2, 0.25) is 11.8 Å². The summed E-state index contributed by atoms with van der Waals surface area (Å²) < 4.78 is 0. The van der Waals surface area contributed by atoms with Gasteiger partial charge in [0.05, 0.1) is 17.2 Å². The van der Waals surface area contributed by atoms with Crippen LogP contribution < -0.4 is 16.4 Å². The van der Waals surface area contributed by atoms with Gasteiger partial charge in [0.25, 0.3) is 11.8 Å². The van der Waals surface area contributed by atoms with Gasteiger partial charge in [0.15, 0.2) is 0 Å². The van der Waals surface area contributed by atoms with Gasteiger partial charge in [0, 0.05) is 26.1 Å². The lowest BCUT2D eigenvalue weighted by molar-refractivity contribution is -0.136. The number of carbonyl (C=O) groups excluding carboxylic acids is 4. The van der Waals surface area contributed by atoms with E-state index in [1.165, 1.54) is 0 Å². The number of nitrogens with zero attached hydrogens (tertiary/aromatic N) is 1. The maximum Gasteiger partial charge on any atom is 0.262 e. The molecule has 5 N–H and O–H groups in total. The van der Waals surface area contributed by atoms with E-state index < -0.39 is 35.8 Å². The van der Waals surface area contributed by atoms with Crippen LogP contribution in [0.4, 0.5) is 0 Å². The van der Waals surface area contributed by atoms with Crippen molar-refractivity contribution in [3.8, 4) is 0 Å². The van der Waals surface area contributed by atoms with E-state index in [4.69, 9.17) is 5.73 Å². The van der Waals surface area contributed by atoms with Gasteiger partial charge in [-0.25, -0.2) is 0 Å². The van der Waals surface area contributed by atoms with Crippen molar-refractivity contribution in [2.45, 2.75) is 31.5 Å². The van der Waals surface area contributed by atoms with Crippen LogP contribution in [0.2, 0.25) is 0 Å². The van der Waals surface area contributed by atoms with Gasteiger partial charge in [-0.2, -0.15) is 0 Å². The van der Waals surface area contributed by atoms with Crippen LogP contribution in [-0.4, -0.2) is 58.9 Å². The van der Waals surface area contributed by atoms with E-state index in [9.17, 15) is 24.3 Å². The Morgan fingerprint density at radius 3 is 2.73 bits per heavy atom. The Morgan fingerprint density at radius 2 is 2.04 bits per heavy atom. The Bertz CT molecular complexity index is 778. The number of amides is 4. The molecule has 3 rings (SSSR count). The van der Waals surface area contributed by atoms with Crippen LogP contribution in [0.15, 0.2) is 18.2 Å². The van der Waals surface area contributed by atoms with Crippen molar-refractivity contribution < 1.29 is 24.3 Å². The minimum atomic E-state index is -0.986. The zero-order valence-electron chi connectivity index (χ0n) is 14.0. The maximum atomic E-state index is 12.9. The molecule has 2 unspecified atom stereocenters. The van der Waals surface area contributed by atoms with Crippen LogP contribution in [0, 0.1) is 0 Å². The highest BCUT2D eigenvalue weighted by Crippen LogP contribution is 2.29. The molecule has 2 atom stereocenters. The second-order valence-corrected chi connectivity index (χ2v) is 6.31. The topological polar surface area (TPSA) is 142 Å². The summed E-state index contributed by atoms with van der Waals surface area (Å²) in [7, 11) is 0. The predicted molar refractivity (Wildman–Crippen MR) is 89.9 cm³/mol. The van der Waals surface area contributed by atoms with Crippen LogP contribution in [0.1, 0.15) is 39.1 Å². The number of piperidine rings is 1. The SMILES string of the molecule is NCC(O)CNCc1cccc2c1C(=O)N(C1CCC(=O)NC1=O)C2=O. The van der Waals surface area contributed by atoms with E-state index in [1.807, 2.05) is 0 Å². The van der Waals surface area contributed by atoms with Crippen LogP contribution in [-0.2, 0) is 16.1 Å². The lowest BCUT2D eigenvalue weighted by Gasteiger charge is -2.27. The first kappa shape index (κ1) is 18.2. The molecular formula is C17H20N4O5. The van der Waals surface area contributed by atoms with Crippen molar-refractivity contribution in [2.75, 3.05) is 13.1 Å². The third-order valence-electron chi connectivity index (χ3n) is 4.52. The molecule has 1 saturated heterocycles. The average molecular weight is 360 g/mol. The molecule has 138 valence electrons. The smallest absolute Gasteiger partial charge is 0.262 e. The molecule has 0 aliphatic carbocycles. The van der Waals surface area contributed by atoms with Gasteiger partial charge in [0.1, 0.15) is 6.04 Å². The number of nitrogens with one attached hydrogen (secondary N) is 2. The number of fused-ring (bicyclic) bond motifs is 1. The van der Waals surface area contributed by atoms with Crippen molar-refractivity contribution in [1.29, 1.82) is 0 Å².